The van der Waals surface area contributed by atoms with Crippen LogP contribution in [0.1, 0.15) is 56.0 Å². The van der Waals surface area contributed by atoms with Crippen LogP contribution in [0.5, 0.6) is 5.75 Å². The summed E-state index contributed by atoms with van der Waals surface area (Å²) in [6.45, 7) is 1.90. The van der Waals surface area contributed by atoms with E-state index in [0.717, 1.165) is 23.4 Å². The molecule has 4 rings (SSSR count). The van der Waals surface area contributed by atoms with Crippen LogP contribution >= 0.6 is 23.2 Å². The molecule has 0 bridgehead atoms. The molecule has 306 valence electrons. The molecule has 1 atom stereocenters. The molecule has 1 aliphatic rings. The van der Waals surface area contributed by atoms with E-state index >= 15 is 0 Å². The van der Waals surface area contributed by atoms with Crippen molar-refractivity contribution in [3.63, 3.8) is 0 Å². The molecular formula is C33H28Cl2F10N4O7. The molecule has 56 heavy (non-hydrogen) atoms. The average Bonchev–Trinajstić information content (AvgIpc) is 3.69. The van der Waals surface area contributed by atoms with Crippen molar-refractivity contribution in [3.05, 3.63) is 63.9 Å². The maximum Gasteiger partial charge on any atom is 0.573 e. The average molecular weight is 853 g/mol. The van der Waals surface area contributed by atoms with Gasteiger partial charge in [0.1, 0.15) is 23.6 Å². The molecule has 0 spiro atoms. The Morgan fingerprint density at radius 1 is 0.964 bits per heavy atom. The number of nitrogens with zero attached hydrogens (tertiary/aromatic N) is 4. The summed E-state index contributed by atoms with van der Waals surface area (Å²) in [5.41, 5.74) is -12.0. The lowest BCUT2D eigenvalue weighted by Crippen LogP contribution is -2.50. The molecule has 3 aromatic rings. The maximum atomic E-state index is 14.8. The molecule has 1 aliphatic carbocycles. The lowest BCUT2D eigenvalue weighted by Gasteiger charge is -2.31. The second kappa shape index (κ2) is 15.9. The second-order valence-corrected chi connectivity index (χ2v) is 13.9. The zero-order chi connectivity index (χ0) is 42.2. The van der Waals surface area contributed by atoms with Crippen molar-refractivity contribution in [1.29, 1.82) is 5.26 Å². The molecule has 0 saturated heterocycles. The van der Waals surface area contributed by atoms with Crippen LogP contribution in [0, 0.1) is 11.3 Å². The first kappa shape index (κ1) is 44.4. The highest BCUT2D eigenvalue weighted by molar-refractivity contribution is 6.34. The van der Waals surface area contributed by atoms with Gasteiger partial charge in [0, 0.05) is 17.3 Å². The van der Waals surface area contributed by atoms with Gasteiger partial charge in [-0.2, -0.15) is 36.7 Å². The van der Waals surface area contributed by atoms with Gasteiger partial charge in [-0.15, -0.1) is 13.2 Å². The molecule has 1 aromatic heterocycles. The monoisotopic (exact) mass is 852 g/mol. The number of aliphatic hydroxyl groups is 1. The van der Waals surface area contributed by atoms with Crippen molar-refractivity contribution >= 4 is 35.1 Å². The number of ether oxygens (including phenoxy) is 4. The summed E-state index contributed by atoms with van der Waals surface area (Å²) in [4.78, 5) is 26.6. The topological polar surface area (TPSA) is 136 Å². The number of aliphatic hydroxyl groups excluding tert-OH is 1. The van der Waals surface area contributed by atoms with Crippen LogP contribution < -0.4 is 4.74 Å². The Morgan fingerprint density at radius 3 is 2.12 bits per heavy atom. The Bertz CT molecular complexity index is 1970. The molecule has 0 aliphatic heterocycles. The van der Waals surface area contributed by atoms with Crippen molar-refractivity contribution in [2.45, 2.75) is 82.0 Å². The highest BCUT2D eigenvalue weighted by atomic mass is 35.5. The highest BCUT2D eigenvalue weighted by Gasteiger charge is 2.73. The zero-order valence-corrected chi connectivity index (χ0v) is 30.4. The second-order valence-electron chi connectivity index (χ2n) is 13.1. The normalized spacial score (nSPS) is 15.2. The third kappa shape index (κ3) is 9.95. The van der Waals surface area contributed by atoms with Gasteiger partial charge < -0.3 is 24.1 Å². The Morgan fingerprint density at radius 2 is 1.59 bits per heavy atom. The Balaban J connectivity index is 1.64. The van der Waals surface area contributed by atoms with Gasteiger partial charge in [0.2, 0.25) is 0 Å². The number of carbonyl (C=O) groups is 2. The van der Waals surface area contributed by atoms with Crippen LogP contribution in [0.25, 0.3) is 16.8 Å². The predicted molar refractivity (Wildman–Crippen MR) is 173 cm³/mol. The number of rotatable bonds is 13. The van der Waals surface area contributed by atoms with Gasteiger partial charge in [-0.1, -0.05) is 29.3 Å². The van der Waals surface area contributed by atoms with Crippen LogP contribution in [0.4, 0.5) is 43.9 Å². The Labute approximate surface area is 320 Å². The van der Waals surface area contributed by atoms with Crippen LogP contribution in [0.2, 0.25) is 10.0 Å². The van der Waals surface area contributed by atoms with Gasteiger partial charge in [-0.3, -0.25) is 14.5 Å². The number of amides is 1. The molecule has 1 heterocycles. The van der Waals surface area contributed by atoms with Gasteiger partial charge in [-0.25, -0.2) is 9.07 Å². The van der Waals surface area contributed by atoms with Crippen molar-refractivity contribution < 1.29 is 77.5 Å². The first-order chi connectivity index (χ1) is 25.6. The summed E-state index contributed by atoms with van der Waals surface area (Å²) in [5, 5.41) is 22.4. The summed E-state index contributed by atoms with van der Waals surface area (Å²) < 4.78 is 155. The minimum atomic E-state index is -6.70. The predicted octanol–water partition coefficient (Wildman–Crippen LogP) is 8.53. The fourth-order valence-corrected chi connectivity index (χ4v) is 5.55. The van der Waals surface area contributed by atoms with Crippen LogP contribution in [-0.2, 0) is 24.7 Å². The number of halogens is 12. The summed E-state index contributed by atoms with van der Waals surface area (Å²) in [6, 6.07) is 5.00. The first-order valence-corrected chi connectivity index (χ1v) is 16.5. The highest BCUT2D eigenvalue weighted by Crippen LogP contribution is 2.55. The summed E-state index contributed by atoms with van der Waals surface area (Å²) in [5.74, 6) is -3.32. The zero-order valence-electron chi connectivity index (χ0n) is 28.9. The largest absolute Gasteiger partial charge is 0.573 e. The molecule has 11 nitrogen and oxygen atoms in total. The van der Waals surface area contributed by atoms with Crippen molar-refractivity contribution in [3.8, 4) is 28.6 Å². The van der Waals surface area contributed by atoms with E-state index in [-0.39, 0.29) is 53.6 Å². The standard InChI is InChI=1S/C33H28Cl2F10N4O7/c1-28(2,3)56-24(50)6-9-53-27(52)54-16-48(29(15-46)7-8-29)26(51)20-10-17(4-5-21(20)34)18-13-47-49(14-18)25-22(35)11-19(12-23(25)55-33(43,44)45)30(36,31(37,38)39)32(40,41)42/h4-5,10-14,27,52H,6-9,16H2,1-3H3. The molecule has 1 N–H and O–H groups in total. The molecule has 1 saturated carbocycles. The molecule has 1 unspecified atom stereocenters. The number of nitriles is 1. The molecule has 1 amide bonds. The van der Waals surface area contributed by atoms with Crippen LogP contribution in [-0.4, -0.2) is 81.3 Å². The summed E-state index contributed by atoms with van der Waals surface area (Å²) >= 11 is 12.2. The lowest BCUT2D eigenvalue weighted by atomic mass is 9.93. The van der Waals surface area contributed by atoms with E-state index in [9.17, 15) is 63.9 Å². The van der Waals surface area contributed by atoms with Crippen LogP contribution in [0.15, 0.2) is 42.7 Å². The number of alkyl halides is 10. The lowest BCUT2D eigenvalue weighted by molar-refractivity contribution is -0.348. The van der Waals surface area contributed by atoms with Crippen molar-refractivity contribution in [1.82, 2.24) is 14.7 Å². The van der Waals surface area contributed by atoms with E-state index in [1.165, 1.54) is 12.1 Å². The molecule has 0 radical (unpaired) electrons. The number of benzene rings is 2. The van der Waals surface area contributed by atoms with Gasteiger partial charge in [0.25, 0.3) is 12.4 Å². The quantitative estimate of drug-likeness (QED) is 0.102. The van der Waals surface area contributed by atoms with E-state index in [1.807, 2.05) is 6.07 Å². The van der Waals surface area contributed by atoms with Gasteiger partial charge in [-0.05, 0) is 63.4 Å². The van der Waals surface area contributed by atoms with Gasteiger partial charge >= 0.3 is 30.4 Å². The first-order valence-electron chi connectivity index (χ1n) is 15.8. The third-order valence-electron chi connectivity index (χ3n) is 7.80. The van der Waals surface area contributed by atoms with E-state index in [0.29, 0.717) is 4.68 Å². The van der Waals surface area contributed by atoms with E-state index in [2.05, 4.69) is 9.84 Å². The molecular weight excluding hydrogens is 825 g/mol. The van der Waals surface area contributed by atoms with Crippen molar-refractivity contribution in [2.75, 3.05) is 13.3 Å². The third-order valence-corrected chi connectivity index (χ3v) is 8.42. The van der Waals surface area contributed by atoms with E-state index < -0.39 is 88.7 Å². The fourth-order valence-electron chi connectivity index (χ4n) is 5.05. The SMILES string of the molecule is CC(C)(C)OC(=O)CCOC(O)OCN(C(=O)c1cc(-c2cnn(-c3c(Cl)cc(C(F)(C(F)(F)F)C(F)(F)F)cc3OC(F)(F)F)c2)ccc1Cl)C1(C#N)CC1. The van der Waals surface area contributed by atoms with Gasteiger partial charge in [0.05, 0.1) is 40.9 Å². The minimum Gasteiger partial charge on any atom is -0.460 e. The van der Waals surface area contributed by atoms with E-state index in [1.54, 1.807) is 20.8 Å². The number of hydrogen-bond donors (Lipinski definition) is 1. The molecule has 23 heteroatoms. The summed E-state index contributed by atoms with van der Waals surface area (Å²) in [6.07, 6.45) is -17.1. The number of hydrogen-bond acceptors (Lipinski definition) is 9. The van der Waals surface area contributed by atoms with Crippen LogP contribution in [0.3, 0.4) is 0 Å². The number of carbonyl (C=O) groups excluding carboxylic acids is 2. The fraction of sp³-hybridized carbons (Fsp3) is 0.455. The molecule has 2 aromatic carbocycles. The smallest absolute Gasteiger partial charge is 0.460 e. The Hall–Kier alpha value is -4.36. The number of esters is 1. The summed E-state index contributed by atoms with van der Waals surface area (Å²) in [7, 11) is 0. The molecule has 1 fully saturated rings. The van der Waals surface area contributed by atoms with E-state index in [4.69, 9.17) is 37.4 Å². The van der Waals surface area contributed by atoms with Gasteiger partial charge in [0.15, 0.2) is 5.75 Å². The van der Waals surface area contributed by atoms with Crippen molar-refractivity contribution in [2.24, 2.45) is 0 Å². The minimum absolute atomic E-state index is 0.0442. The maximum absolute atomic E-state index is 14.8. The number of aromatic nitrogens is 2. The Kier molecular flexibility index (Phi) is 12.6.